The Morgan fingerprint density at radius 2 is 2.05 bits per heavy atom. The third kappa shape index (κ3) is 2.61. The molecule has 5 heteroatoms. The molecule has 1 amide bonds. The van der Waals surface area contributed by atoms with Gasteiger partial charge in [0.05, 0.1) is 19.8 Å². The van der Waals surface area contributed by atoms with Crippen LogP contribution in [0.25, 0.3) is 0 Å². The Morgan fingerprint density at radius 3 is 2.70 bits per heavy atom. The van der Waals surface area contributed by atoms with E-state index in [9.17, 15) is 9.59 Å². The molecule has 0 spiro atoms. The quantitative estimate of drug-likeness (QED) is 0.790. The number of esters is 1. The molecular formula is C15H19NO4. The first-order valence-corrected chi connectivity index (χ1v) is 6.62. The first kappa shape index (κ1) is 14.4. The largest absolute Gasteiger partial charge is 0.496 e. The first-order chi connectivity index (χ1) is 9.58. The first-order valence-electron chi connectivity index (χ1n) is 6.62. The molecule has 2 rings (SSSR count). The second-order valence-corrected chi connectivity index (χ2v) is 4.88. The standard InChI is InChI=1S/C15H19NO4/c1-10-6-7-13(19-2)11(9-10)14(17)16-8-4-5-12(16)15(18)20-3/h6-7,9,12H,4-5,8H2,1-3H3. The Balaban J connectivity index is 2.31. The van der Waals surface area contributed by atoms with Gasteiger partial charge in [-0.1, -0.05) is 11.6 Å². The fourth-order valence-electron chi connectivity index (χ4n) is 2.53. The van der Waals surface area contributed by atoms with Crippen LogP contribution in [0.5, 0.6) is 5.75 Å². The van der Waals surface area contributed by atoms with Crippen molar-refractivity contribution < 1.29 is 19.1 Å². The van der Waals surface area contributed by atoms with Gasteiger partial charge in [0, 0.05) is 6.54 Å². The normalized spacial score (nSPS) is 17.9. The van der Waals surface area contributed by atoms with E-state index in [2.05, 4.69) is 0 Å². The Labute approximate surface area is 118 Å². The zero-order valence-corrected chi connectivity index (χ0v) is 12.0. The number of nitrogens with zero attached hydrogens (tertiary/aromatic N) is 1. The molecule has 1 aliphatic heterocycles. The zero-order valence-electron chi connectivity index (χ0n) is 12.0. The van der Waals surface area contributed by atoms with Crippen LogP contribution in [0.3, 0.4) is 0 Å². The summed E-state index contributed by atoms with van der Waals surface area (Å²) in [6.07, 6.45) is 1.45. The van der Waals surface area contributed by atoms with Crippen LogP contribution < -0.4 is 4.74 Å². The molecule has 1 heterocycles. The lowest BCUT2D eigenvalue weighted by atomic mass is 10.1. The van der Waals surface area contributed by atoms with Gasteiger partial charge in [0.15, 0.2) is 0 Å². The second-order valence-electron chi connectivity index (χ2n) is 4.88. The summed E-state index contributed by atoms with van der Waals surface area (Å²) in [6.45, 7) is 2.48. The Hall–Kier alpha value is -2.04. The van der Waals surface area contributed by atoms with E-state index in [-0.39, 0.29) is 11.9 Å². The monoisotopic (exact) mass is 277 g/mol. The minimum atomic E-state index is -0.488. The molecule has 20 heavy (non-hydrogen) atoms. The van der Waals surface area contributed by atoms with E-state index in [1.807, 2.05) is 13.0 Å². The summed E-state index contributed by atoms with van der Waals surface area (Å²) in [5.74, 6) is -0.0166. The molecule has 0 aliphatic carbocycles. The number of benzene rings is 1. The molecular weight excluding hydrogens is 258 g/mol. The molecule has 1 aromatic rings. The zero-order chi connectivity index (χ0) is 14.7. The summed E-state index contributed by atoms with van der Waals surface area (Å²) < 4.78 is 10.0. The van der Waals surface area contributed by atoms with E-state index in [1.54, 1.807) is 17.0 Å². The van der Waals surface area contributed by atoms with Crippen LogP contribution in [0.2, 0.25) is 0 Å². The van der Waals surface area contributed by atoms with Gasteiger partial charge in [-0.15, -0.1) is 0 Å². The molecule has 5 nitrogen and oxygen atoms in total. The predicted octanol–water partition coefficient (Wildman–Crippen LogP) is 1.78. The molecule has 1 aliphatic rings. The average Bonchev–Trinajstić information content (AvgIpc) is 2.95. The van der Waals surface area contributed by atoms with Crippen LogP contribution in [-0.4, -0.2) is 43.6 Å². The van der Waals surface area contributed by atoms with Crippen molar-refractivity contribution in [1.82, 2.24) is 4.90 Å². The van der Waals surface area contributed by atoms with Crippen molar-refractivity contribution in [2.45, 2.75) is 25.8 Å². The summed E-state index contributed by atoms with van der Waals surface area (Å²) in [6, 6.07) is 4.95. The van der Waals surface area contributed by atoms with Crippen LogP contribution in [0.4, 0.5) is 0 Å². The van der Waals surface area contributed by atoms with E-state index in [0.717, 1.165) is 12.0 Å². The summed E-state index contributed by atoms with van der Waals surface area (Å²) in [7, 11) is 2.87. The van der Waals surface area contributed by atoms with Crippen molar-refractivity contribution in [1.29, 1.82) is 0 Å². The van der Waals surface area contributed by atoms with E-state index < -0.39 is 6.04 Å². The summed E-state index contributed by atoms with van der Waals surface area (Å²) in [5.41, 5.74) is 1.46. The number of hydrogen-bond donors (Lipinski definition) is 0. The van der Waals surface area contributed by atoms with Gasteiger partial charge in [0.25, 0.3) is 5.91 Å². The predicted molar refractivity (Wildman–Crippen MR) is 73.8 cm³/mol. The van der Waals surface area contributed by atoms with Crippen molar-refractivity contribution in [3.63, 3.8) is 0 Å². The van der Waals surface area contributed by atoms with Crippen molar-refractivity contribution in [3.05, 3.63) is 29.3 Å². The van der Waals surface area contributed by atoms with Crippen LogP contribution >= 0.6 is 0 Å². The highest BCUT2D eigenvalue weighted by Crippen LogP contribution is 2.26. The average molecular weight is 277 g/mol. The number of carbonyl (C=O) groups is 2. The summed E-state index contributed by atoms with van der Waals surface area (Å²) >= 11 is 0. The van der Waals surface area contributed by atoms with Gasteiger partial charge in [0.2, 0.25) is 0 Å². The number of methoxy groups -OCH3 is 2. The van der Waals surface area contributed by atoms with E-state index in [4.69, 9.17) is 9.47 Å². The minimum absolute atomic E-state index is 0.182. The Kier molecular flexibility index (Phi) is 4.27. The number of amides is 1. The fourth-order valence-corrected chi connectivity index (χ4v) is 2.53. The van der Waals surface area contributed by atoms with Gasteiger partial charge in [0.1, 0.15) is 11.8 Å². The molecule has 0 N–H and O–H groups in total. The molecule has 108 valence electrons. The molecule has 1 aromatic carbocycles. The highest BCUT2D eigenvalue weighted by atomic mass is 16.5. The number of aryl methyl sites for hydroxylation is 1. The molecule has 0 saturated carbocycles. The third-order valence-electron chi connectivity index (χ3n) is 3.57. The van der Waals surface area contributed by atoms with Crippen molar-refractivity contribution in [2.75, 3.05) is 20.8 Å². The van der Waals surface area contributed by atoms with Crippen molar-refractivity contribution in [3.8, 4) is 5.75 Å². The molecule has 1 saturated heterocycles. The van der Waals surface area contributed by atoms with Crippen molar-refractivity contribution in [2.24, 2.45) is 0 Å². The molecule has 1 unspecified atom stereocenters. The smallest absolute Gasteiger partial charge is 0.328 e. The number of ether oxygens (including phenoxy) is 2. The highest BCUT2D eigenvalue weighted by molar-refractivity contribution is 5.99. The van der Waals surface area contributed by atoms with Gasteiger partial charge in [-0.05, 0) is 31.9 Å². The number of carbonyl (C=O) groups excluding carboxylic acids is 2. The fraction of sp³-hybridized carbons (Fsp3) is 0.467. The Bertz CT molecular complexity index is 527. The minimum Gasteiger partial charge on any atom is -0.496 e. The molecule has 0 aromatic heterocycles. The van der Waals surface area contributed by atoms with Crippen LogP contribution in [0, 0.1) is 6.92 Å². The van der Waals surface area contributed by atoms with Crippen LogP contribution in [0.15, 0.2) is 18.2 Å². The highest BCUT2D eigenvalue weighted by Gasteiger charge is 2.36. The molecule has 0 bridgehead atoms. The second kappa shape index (κ2) is 5.94. The van der Waals surface area contributed by atoms with Gasteiger partial charge in [-0.2, -0.15) is 0 Å². The van der Waals surface area contributed by atoms with Crippen LogP contribution in [-0.2, 0) is 9.53 Å². The maximum Gasteiger partial charge on any atom is 0.328 e. The lowest BCUT2D eigenvalue weighted by Crippen LogP contribution is -2.41. The number of rotatable bonds is 3. The number of hydrogen-bond acceptors (Lipinski definition) is 4. The van der Waals surface area contributed by atoms with Crippen LogP contribution in [0.1, 0.15) is 28.8 Å². The molecule has 1 fully saturated rings. The lowest BCUT2D eigenvalue weighted by molar-refractivity contribution is -0.145. The van der Waals surface area contributed by atoms with E-state index in [1.165, 1.54) is 14.2 Å². The molecule has 1 atom stereocenters. The van der Waals surface area contributed by atoms with Gasteiger partial charge < -0.3 is 14.4 Å². The van der Waals surface area contributed by atoms with Gasteiger partial charge in [-0.25, -0.2) is 4.79 Å². The summed E-state index contributed by atoms with van der Waals surface area (Å²) in [4.78, 5) is 26.0. The SMILES string of the molecule is COC(=O)C1CCCN1C(=O)c1cc(C)ccc1OC. The van der Waals surface area contributed by atoms with E-state index >= 15 is 0 Å². The molecule has 0 radical (unpaired) electrons. The van der Waals surface area contributed by atoms with Crippen molar-refractivity contribution >= 4 is 11.9 Å². The summed E-state index contributed by atoms with van der Waals surface area (Å²) in [5, 5.41) is 0. The maximum absolute atomic E-state index is 12.6. The Morgan fingerprint density at radius 1 is 1.30 bits per heavy atom. The maximum atomic E-state index is 12.6. The topological polar surface area (TPSA) is 55.8 Å². The van der Waals surface area contributed by atoms with Gasteiger partial charge >= 0.3 is 5.97 Å². The van der Waals surface area contributed by atoms with E-state index in [0.29, 0.717) is 24.3 Å². The lowest BCUT2D eigenvalue weighted by Gasteiger charge is -2.23. The number of likely N-dealkylation sites (tertiary alicyclic amines) is 1. The van der Waals surface area contributed by atoms with Gasteiger partial charge in [-0.3, -0.25) is 4.79 Å². The third-order valence-corrected chi connectivity index (χ3v) is 3.57.